The summed E-state index contributed by atoms with van der Waals surface area (Å²) in [6.45, 7) is 3.43. The largest absolute Gasteiger partial charge is 0.339 e. The molecule has 0 aliphatic carbocycles. The summed E-state index contributed by atoms with van der Waals surface area (Å²) in [6.07, 6.45) is 5.98. The van der Waals surface area contributed by atoms with Gasteiger partial charge in [0.25, 0.3) is 0 Å². The number of rotatable bonds is 4. The Bertz CT molecular complexity index is 1100. The molecule has 3 aromatic heterocycles. The molecule has 122 valence electrons. The van der Waals surface area contributed by atoms with Crippen LogP contribution < -0.4 is 10.6 Å². The first kappa shape index (κ1) is 14.8. The molecular formula is C17H13N7O. The minimum absolute atomic E-state index is 0.332. The summed E-state index contributed by atoms with van der Waals surface area (Å²) in [6, 6.07) is 7.52. The van der Waals surface area contributed by atoms with Crippen LogP contribution in [0.3, 0.4) is 0 Å². The van der Waals surface area contributed by atoms with E-state index in [1.165, 1.54) is 12.4 Å². The van der Waals surface area contributed by atoms with E-state index in [2.05, 4.69) is 42.4 Å². The number of H-pyrrole nitrogens is 1. The van der Waals surface area contributed by atoms with E-state index >= 15 is 0 Å². The highest BCUT2D eigenvalue weighted by atomic mass is 16.1. The molecule has 0 saturated carbocycles. The van der Waals surface area contributed by atoms with Crippen molar-refractivity contribution >= 4 is 45.0 Å². The van der Waals surface area contributed by atoms with E-state index in [0.717, 1.165) is 22.0 Å². The van der Waals surface area contributed by atoms with Crippen LogP contribution in [0, 0.1) is 0 Å². The molecule has 0 saturated heterocycles. The van der Waals surface area contributed by atoms with E-state index in [1.54, 1.807) is 18.5 Å². The van der Waals surface area contributed by atoms with E-state index in [1.807, 2.05) is 18.2 Å². The third kappa shape index (κ3) is 2.76. The Hall–Kier alpha value is -3.81. The molecule has 0 aliphatic rings. The van der Waals surface area contributed by atoms with Crippen molar-refractivity contribution in [3.8, 4) is 0 Å². The minimum Gasteiger partial charge on any atom is -0.339 e. The molecule has 0 fully saturated rings. The summed E-state index contributed by atoms with van der Waals surface area (Å²) in [4.78, 5) is 24.2. The predicted octanol–water partition coefficient (Wildman–Crippen LogP) is 2.77. The molecule has 8 heteroatoms. The lowest BCUT2D eigenvalue weighted by atomic mass is 10.2. The predicted molar refractivity (Wildman–Crippen MR) is 95.5 cm³/mol. The number of nitrogens with zero attached hydrogens (tertiary/aromatic N) is 4. The van der Waals surface area contributed by atoms with Crippen LogP contribution in [0.15, 0.2) is 55.6 Å². The number of hydrogen-bond acceptors (Lipinski definition) is 6. The smallest absolute Gasteiger partial charge is 0.248 e. The van der Waals surface area contributed by atoms with Gasteiger partial charge in [-0.25, -0.2) is 15.0 Å². The molecule has 0 atom stereocenters. The second-order valence-electron chi connectivity index (χ2n) is 5.26. The minimum atomic E-state index is -0.332. The van der Waals surface area contributed by atoms with Gasteiger partial charge < -0.3 is 10.6 Å². The standard InChI is InChI=1S/C17H13N7O/c1-2-16(25)23-15-6-10-14(8-18-15)19-9-20-17(10)22-12-4-3-5-13-11(12)7-21-24-13/h2-9H,1H2,(H,21,24)(H,18,23,25)(H,19,20,22). The fourth-order valence-electron chi connectivity index (χ4n) is 2.51. The SMILES string of the molecule is C=CC(=O)Nc1cc2c(Nc3cccc4[nH]ncc34)ncnc2cn1. The maximum atomic E-state index is 11.5. The van der Waals surface area contributed by atoms with Crippen molar-refractivity contribution in [3.63, 3.8) is 0 Å². The molecule has 1 amide bonds. The monoisotopic (exact) mass is 331 g/mol. The Kier molecular flexibility index (Phi) is 3.55. The summed E-state index contributed by atoms with van der Waals surface area (Å²) < 4.78 is 0. The highest BCUT2D eigenvalue weighted by Gasteiger charge is 2.09. The molecule has 0 bridgehead atoms. The molecule has 0 spiro atoms. The number of pyridine rings is 1. The van der Waals surface area contributed by atoms with E-state index in [0.29, 0.717) is 17.2 Å². The number of aromatic nitrogens is 5. The van der Waals surface area contributed by atoms with Gasteiger partial charge in [0.05, 0.1) is 29.1 Å². The third-order valence-corrected chi connectivity index (χ3v) is 3.70. The Morgan fingerprint density at radius 3 is 2.96 bits per heavy atom. The van der Waals surface area contributed by atoms with Gasteiger partial charge >= 0.3 is 0 Å². The first-order chi connectivity index (χ1) is 12.2. The molecule has 0 radical (unpaired) electrons. The summed E-state index contributed by atoms with van der Waals surface area (Å²) in [5.41, 5.74) is 2.44. The molecule has 4 rings (SSSR count). The number of amides is 1. The second kappa shape index (κ2) is 6.00. The van der Waals surface area contributed by atoms with Gasteiger partial charge in [0.1, 0.15) is 18.0 Å². The lowest BCUT2D eigenvalue weighted by Gasteiger charge is -2.10. The van der Waals surface area contributed by atoms with Gasteiger partial charge in [-0.15, -0.1) is 0 Å². The summed E-state index contributed by atoms with van der Waals surface area (Å²) in [7, 11) is 0. The number of nitrogens with one attached hydrogen (secondary N) is 3. The molecule has 1 aromatic carbocycles. The number of hydrogen-bond donors (Lipinski definition) is 3. The normalized spacial score (nSPS) is 10.7. The topological polar surface area (TPSA) is 108 Å². The third-order valence-electron chi connectivity index (χ3n) is 3.70. The molecular weight excluding hydrogens is 318 g/mol. The fourth-order valence-corrected chi connectivity index (χ4v) is 2.51. The van der Waals surface area contributed by atoms with E-state index in [4.69, 9.17) is 0 Å². The van der Waals surface area contributed by atoms with Crippen LogP contribution in [0.1, 0.15) is 0 Å². The van der Waals surface area contributed by atoms with Crippen LogP contribution in [0.4, 0.5) is 17.3 Å². The van der Waals surface area contributed by atoms with Crippen molar-refractivity contribution in [1.29, 1.82) is 0 Å². The second-order valence-corrected chi connectivity index (χ2v) is 5.26. The number of carbonyl (C=O) groups excluding carboxylic acids is 1. The van der Waals surface area contributed by atoms with Crippen molar-refractivity contribution in [1.82, 2.24) is 25.1 Å². The summed E-state index contributed by atoms with van der Waals surface area (Å²) in [5.74, 6) is 0.674. The van der Waals surface area contributed by atoms with Crippen molar-refractivity contribution < 1.29 is 4.79 Å². The van der Waals surface area contributed by atoms with Crippen molar-refractivity contribution in [2.75, 3.05) is 10.6 Å². The van der Waals surface area contributed by atoms with Gasteiger partial charge in [-0.3, -0.25) is 9.89 Å². The maximum Gasteiger partial charge on any atom is 0.248 e. The summed E-state index contributed by atoms with van der Waals surface area (Å²) in [5, 5.41) is 14.6. The van der Waals surface area contributed by atoms with Gasteiger partial charge in [-0.2, -0.15) is 5.10 Å². The number of carbonyl (C=O) groups is 1. The van der Waals surface area contributed by atoms with Crippen LogP contribution in [0.25, 0.3) is 21.8 Å². The van der Waals surface area contributed by atoms with Gasteiger partial charge in [-0.05, 0) is 24.3 Å². The Balaban J connectivity index is 1.78. The van der Waals surface area contributed by atoms with E-state index < -0.39 is 0 Å². The Labute approximate surface area is 142 Å². The zero-order chi connectivity index (χ0) is 17.2. The number of fused-ring (bicyclic) bond motifs is 2. The van der Waals surface area contributed by atoms with Gasteiger partial charge in [0, 0.05) is 10.8 Å². The average molecular weight is 331 g/mol. The van der Waals surface area contributed by atoms with Gasteiger partial charge in [-0.1, -0.05) is 12.6 Å². The van der Waals surface area contributed by atoms with E-state index in [9.17, 15) is 4.79 Å². The molecule has 25 heavy (non-hydrogen) atoms. The zero-order valence-corrected chi connectivity index (χ0v) is 13.0. The summed E-state index contributed by atoms with van der Waals surface area (Å²) >= 11 is 0. The molecule has 4 aromatic rings. The van der Waals surface area contributed by atoms with Crippen LogP contribution in [-0.2, 0) is 4.79 Å². The van der Waals surface area contributed by atoms with Crippen molar-refractivity contribution in [3.05, 3.63) is 55.6 Å². The van der Waals surface area contributed by atoms with Crippen molar-refractivity contribution in [2.45, 2.75) is 0 Å². The average Bonchev–Trinajstić information content (AvgIpc) is 3.12. The van der Waals surface area contributed by atoms with Gasteiger partial charge in [0.2, 0.25) is 5.91 Å². The maximum absolute atomic E-state index is 11.5. The highest BCUT2D eigenvalue weighted by molar-refractivity contribution is 6.01. The quantitative estimate of drug-likeness (QED) is 0.496. The molecule has 3 N–H and O–H groups in total. The molecule has 8 nitrogen and oxygen atoms in total. The highest BCUT2D eigenvalue weighted by Crippen LogP contribution is 2.28. The van der Waals surface area contributed by atoms with Crippen LogP contribution >= 0.6 is 0 Å². The first-order valence-electron chi connectivity index (χ1n) is 7.48. The van der Waals surface area contributed by atoms with Crippen molar-refractivity contribution in [2.24, 2.45) is 0 Å². The zero-order valence-electron chi connectivity index (χ0n) is 13.0. The van der Waals surface area contributed by atoms with Gasteiger partial charge in [0.15, 0.2) is 0 Å². The number of benzene rings is 1. The molecule has 0 aliphatic heterocycles. The number of anilines is 3. The molecule has 0 unspecified atom stereocenters. The molecule has 3 heterocycles. The lowest BCUT2D eigenvalue weighted by molar-refractivity contribution is -0.111. The Morgan fingerprint density at radius 2 is 2.08 bits per heavy atom. The van der Waals surface area contributed by atoms with Crippen LogP contribution in [-0.4, -0.2) is 31.1 Å². The fraction of sp³-hybridized carbons (Fsp3) is 0. The van der Waals surface area contributed by atoms with Crippen LogP contribution in [0.5, 0.6) is 0 Å². The lowest BCUT2D eigenvalue weighted by Crippen LogP contribution is -2.09. The first-order valence-corrected chi connectivity index (χ1v) is 7.48. The Morgan fingerprint density at radius 1 is 1.16 bits per heavy atom. The van der Waals surface area contributed by atoms with Crippen LogP contribution in [0.2, 0.25) is 0 Å². The van der Waals surface area contributed by atoms with E-state index in [-0.39, 0.29) is 5.91 Å². The number of aromatic amines is 1.